The summed E-state index contributed by atoms with van der Waals surface area (Å²) < 4.78 is 0. The Hall–Kier alpha value is -1.89. The first-order valence-corrected chi connectivity index (χ1v) is 9.23. The van der Waals surface area contributed by atoms with Crippen LogP contribution in [-0.2, 0) is 22.5 Å². The summed E-state index contributed by atoms with van der Waals surface area (Å²) in [6, 6.07) is 0. The molecule has 0 radical (unpaired) electrons. The van der Waals surface area contributed by atoms with Gasteiger partial charge in [0.15, 0.2) is 0 Å². The standard InChI is InChI=1S/C17H23N3O3S/c1-9(2)11-8-12(23-20-11)15(21)19-17-14(16(22)18-3)10-6-4-5-7-13(10)24-17/h9,12H,4-8H2,1-3H3,(H,18,22)(H,19,21). The Morgan fingerprint density at radius 2 is 2.04 bits per heavy atom. The minimum absolute atomic E-state index is 0.142. The lowest BCUT2D eigenvalue weighted by molar-refractivity contribution is -0.125. The van der Waals surface area contributed by atoms with E-state index >= 15 is 0 Å². The number of amides is 2. The van der Waals surface area contributed by atoms with Crippen molar-refractivity contribution < 1.29 is 14.4 Å². The van der Waals surface area contributed by atoms with Gasteiger partial charge in [-0.3, -0.25) is 9.59 Å². The van der Waals surface area contributed by atoms with Gasteiger partial charge in [-0.05, 0) is 37.2 Å². The molecular weight excluding hydrogens is 326 g/mol. The zero-order chi connectivity index (χ0) is 17.3. The normalized spacial score (nSPS) is 19.5. The van der Waals surface area contributed by atoms with Gasteiger partial charge in [-0.2, -0.15) is 0 Å². The molecule has 0 bridgehead atoms. The highest BCUT2D eigenvalue weighted by atomic mass is 32.1. The third-order valence-electron chi connectivity index (χ3n) is 4.51. The summed E-state index contributed by atoms with van der Waals surface area (Å²) in [5.41, 5.74) is 2.60. The Balaban J connectivity index is 1.79. The number of thiophene rings is 1. The van der Waals surface area contributed by atoms with Crippen molar-refractivity contribution >= 4 is 33.9 Å². The second-order valence-corrected chi connectivity index (χ2v) is 7.62. The third-order valence-corrected chi connectivity index (χ3v) is 5.72. The average Bonchev–Trinajstić information content (AvgIpc) is 3.18. The van der Waals surface area contributed by atoms with Crippen molar-refractivity contribution in [2.24, 2.45) is 11.1 Å². The predicted molar refractivity (Wildman–Crippen MR) is 94.7 cm³/mol. The summed E-state index contributed by atoms with van der Waals surface area (Å²) >= 11 is 1.51. The third kappa shape index (κ3) is 3.17. The van der Waals surface area contributed by atoms with Crippen LogP contribution in [0.25, 0.3) is 0 Å². The van der Waals surface area contributed by atoms with E-state index in [0.717, 1.165) is 37.0 Å². The topological polar surface area (TPSA) is 79.8 Å². The maximum absolute atomic E-state index is 12.5. The number of nitrogens with zero attached hydrogens (tertiary/aromatic N) is 1. The lowest BCUT2D eigenvalue weighted by Crippen LogP contribution is -2.29. The Bertz CT molecular complexity index is 693. The van der Waals surface area contributed by atoms with Crippen LogP contribution in [-0.4, -0.2) is 30.7 Å². The SMILES string of the molecule is CNC(=O)c1c(NC(=O)C2CC(C(C)C)=NO2)sc2c1CCCC2. The van der Waals surface area contributed by atoms with Gasteiger partial charge in [0.2, 0.25) is 6.10 Å². The van der Waals surface area contributed by atoms with Crippen molar-refractivity contribution in [3.8, 4) is 0 Å². The zero-order valence-electron chi connectivity index (χ0n) is 14.3. The van der Waals surface area contributed by atoms with Gasteiger partial charge in [-0.25, -0.2) is 0 Å². The summed E-state index contributed by atoms with van der Waals surface area (Å²) in [6.45, 7) is 4.05. The number of aryl methyl sites for hydroxylation is 1. The molecule has 3 rings (SSSR count). The molecule has 7 heteroatoms. The summed E-state index contributed by atoms with van der Waals surface area (Å²) in [6.07, 6.45) is 3.97. The maximum atomic E-state index is 12.5. The van der Waals surface area contributed by atoms with Crippen molar-refractivity contribution in [2.45, 2.75) is 52.1 Å². The van der Waals surface area contributed by atoms with Crippen LogP contribution in [0.5, 0.6) is 0 Å². The molecule has 1 aromatic rings. The van der Waals surface area contributed by atoms with Crippen LogP contribution >= 0.6 is 11.3 Å². The van der Waals surface area contributed by atoms with Crippen LogP contribution in [0.1, 0.15) is 53.9 Å². The molecular formula is C17H23N3O3S. The van der Waals surface area contributed by atoms with E-state index in [1.54, 1.807) is 7.05 Å². The Labute approximate surface area is 145 Å². The minimum Gasteiger partial charge on any atom is -0.382 e. The van der Waals surface area contributed by atoms with E-state index in [2.05, 4.69) is 15.8 Å². The van der Waals surface area contributed by atoms with Crippen LogP contribution in [0.15, 0.2) is 5.16 Å². The fourth-order valence-electron chi connectivity index (χ4n) is 3.09. The quantitative estimate of drug-likeness (QED) is 0.877. The number of carbonyl (C=O) groups is 2. The summed E-state index contributed by atoms with van der Waals surface area (Å²) in [5.74, 6) is -0.118. The van der Waals surface area contributed by atoms with Crippen LogP contribution in [0.4, 0.5) is 5.00 Å². The average molecular weight is 349 g/mol. The fraction of sp³-hybridized carbons (Fsp3) is 0.588. The molecule has 2 N–H and O–H groups in total. The van der Waals surface area contributed by atoms with Gasteiger partial charge in [0.05, 0.1) is 11.3 Å². The number of hydrogen-bond acceptors (Lipinski definition) is 5. The molecule has 2 amide bonds. The molecule has 1 aromatic heterocycles. The summed E-state index contributed by atoms with van der Waals surface area (Å²) in [5, 5.41) is 10.2. The van der Waals surface area contributed by atoms with Crippen molar-refractivity contribution in [1.82, 2.24) is 5.32 Å². The Morgan fingerprint density at radius 1 is 1.29 bits per heavy atom. The highest BCUT2D eigenvalue weighted by Crippen LogP contribution is 2.38. The minimum atomic E-state index is -0.612. The van der Waals surface area contributed by atoms with E-state index in [0.29, 0.717) is 17.0 Å². The van der Waals surface area contributed by atoms with E-state index in [9.17, 15) is 9.59 Å². The van der Waals surface area contributed by atoms with Gasteiger partial charge >= 0.3 is 0 Å². The number of nitrogens with one attached hydrogen (secondary N) is 2. The van der Waals surface area contributed by atoms with Crippen molar-refractivity contribution in [3.63, 3.8) is 0 Å². The summed E-state index contributed by atoms with van der Waals surface area (Å²) in [7, 11) is 1.61. The number of anilines is 1. The highest BCUT2D eigenvalue weighted by Gasteiger charge is 2.32. The van der Waals surface area contributed by atoms with Crippen molar-refractivity contribution in [1.29, 1.82) is 0 Å². The molecule has 130 valence electrons. The molecule has 0 fully saturated rings. The number of carbonyl (C=O) groups excluding carboxylic acids is 2. The van der Waals surface area contributed by atoms with E-state index in [-0.39, 0.29) is 17.7 Å². The molecule has 2 heterocycles. The fourth-order valence-corrected chi connectivity index (χ4v) is 4.38. The molecule has 24 heavy (non-hydrogen) atoms. The second-order valence-electron chi connectivity index (χ2n) is 6.52. The summed E-state index contributed by atoms with van der Waals surface area (Å²) in [4.78, 5) is 31.3. The van der Waals surface area contributed by atoms with Gasteiger partial charge in [0.1, 0.15) is 5.00 Å². The number of rotatable bonds is 4. The first-order chi connectivity index (χ1) is 11.5. The first kappa shape index (κ1) is 17.0. The number of hydrogen-bond donors (Lipinski definition) is 2. The van der Waals surface area contributed by atoms with Gasteiger partial charge in [-0.1, -0.05) is 19.0 Å². The van der Waals surface area contributed by atoms with Gasteiger partial charge in [0, 0.05) is 18.3 Å². The van der Waals surface area contributed by atoms with E-state index < -0.39 is 6.10 Å². The molecule has 1 unspecified atom stereocenters. The second kappa shape index (κ2) is 6.93. The van der Waals surface area contributed by atoms with Gasteiger partial charge in [-0.15, -0.1) is 11.3 Å². The predicted octanol–water partition coefficient (Wildman–Crippen LogP) is 2.73. The zero-order valence-corrected chi connectivity index (χ0v) is 15.1. The van der Waals surface area contributed by atoms with Crippen LogP contribution in [0, 0.1) is 5.92 Å². The molecule has 6 nitrogen and oxygen atoms in total. The van der Waals surface area contributed by atoms with Crippen molar-refractivity contribution in [3.05, 3.63) is 16.0 Å². The molecule has 0 aromatic carbocycles. The molecule has 2 aliphatic rings. The van der Waals surface area contributed by atoms with Crippen LogP contribution in [0.2, 0.25) is 0 Å². The van der Waals surface area contributed by atoms with Crippen LogP contribution < -0.4 is 10.6 Å². The monoisotopic (exact) mass is 349 g/mol. The van der Waals surface area contributed by atoms with E-state index in [1.165, 1.54) is 16.2 Å². The van der Waals surface area contributed by atoms with Crippen LogP contribution in [0.3, 0.4) is 0 Å². The molecule has 1 aliphatic heterocycles. The first-order valence-electron chi connectivity index (χ1n) is 8.41. The van der Waals surface area contributed by atoms with E-state index in [1.807, 2.05) is 13.8 Å². The largest absolute Gasteiger partial charge is 0.382 e. The number of oxime groups is 1. The molecule has 1 atom stereocenters. The molecule has 0 saturated carbocycles. The Kier molecular flexibility index (Phi) is 4.89. The van der Waals surface area contributed by atoms with Crippen molar-refractivity contribution in [2.75, 3.05) is 12.4 Å². The Morgan fingerprint density at radius 3 is 2.71 bits per heavy atom. The van der Waals surface area contributed by atoms with E-state index in [4.69, 9.17) is 4.84 Å². The molecule has 0 saturated heterocycles. The molecule has 1 aliphatic carbocycles. The van der Waals surface area contributed by atoms with Gasteiger partial charge in [0.25, 0.3) is 11.8 Å². The smallest absolute Gasteiger partial charge is 0.269 e. The lowest BCUT2D eigenvalue weighted by Gasteiger charge is -2.12. The number of fused-ring (bicyclic) bond motifs is 1. The highest BCUT2D eigenvalue weighted by molar-refractivity contribution is 7.17. The lowest BCUT2D eigenvalue weighted by atomic mass is 9.95. The molecule has 0 spiro atoms. The van der Waals surface area contributed by atoms with Gasteiger partial charge < -0.3 is 15.5 Å². The maximum Gasteiger partial charge on any atom is 0.269 e.